The molecule has 0 saturated carbocycles. The van der Waals surface area contributed by atoms with E-state index in [9.17, 15) is 4.79 Å². The summed E-state index contributed by atoms with van der Waals surface area (Å²) in [5.74, 6) is 0.142. The summed E-state index contributed by atoms with van der Waals surface area (Å²) in [5, 5.41) is 7.03. The lowest BCUT2D eigenvalue weighted by atomic mass is 10.0. The molecule has 1 atom stereocenters. The van der Waals surface area contributed by atoms with Crippen molar-refractivity contribution < 1.29 is 4.79 Å². The van der Waals surface area contributed by atoms with Crippen molar-refractivity contribution in [3.05, 3.63) is 66.0 Å². The topological polar surface area (TPSA) is 41.4 Å². The molecule has 1 aliphatic rings. The number of carbonyl (C=O) groups is 1. The van der Waals surface area contributed by atoms with Crippen molar-refractivity contribution in [3.63, 3.8) is 0 Å². The average molecular weight is 348 g/mol. The van der Waals surface area contributed by atoms with E-state index in [2.05, 4.69) is 58.5 Å². The van der Waals surface area contributed by atoms with Gasteiger partial charge in [-0.25, -0.2) is 0 Å². The second-order valence-corrected chi connectivity index (χ2v) is 7.22. The summed E-state index contributed by atoms with van der Waals surface area (Å²) < 4.78 is 2.03. The Balaban J connectivity index is 1.59. The highest BCUT2D eigenvalue weighted by Gasteiger charge is 2.28. The van der Waals surface area contributed by atoms with Crippen LogP contribution in [-0.4, -0.2) is 46.1 Å². The van der Waals surface area contributed by atoms with Crippen LogP contribution >= 0.6 is 0 Å². The van der Waals surface area contributed by atoms with Gasteiger partial charge in [-0.3, -0.25) is 14.4 Å². The summed E-state index contributed by atoms with van der Waals surface area (Å²) in [5.41, 5.74) is 2.50. The van der Waals surface area contributed by atoms with Crippen LogP contribution in [0.25, 0.3) is 10.8 Å². The SMILES string of the molecule is CN(C)C(=O)CC1CN(Cc2cccc3ccccc23)Cc2ccnn21. The third-order valence-electron chi connectivity index (χ3n) is 5.14. The average Bonchev–Trinajstić information content (AvgIpc) is 3.11. The van der Waals surface area contributed by atoms with Crippen molar-refractivity contribution in [1.29, 1.82) is 0 Å². The third kappa shape index (κ3) is 3.22. The molecule has 0 N–H and O–H groups in total. The molecular formula is C21H24N4O. The Morgan fingerprint density at radius 2 is 1.96 bits per heavy atom. The Kier molecular flexibility index (Phi) is 4.47. The van der Waals surface area contributed by atoms with Gasteiger partial charge in [0.15, 0.2) is 0 Å². The Labute approximate surface area is 153 Å². The smallest absolute Gasteiger partial charge is 0.224 e. The van der Waals surface area contributed by atoms with Gasteiger partial charge in [-0.1, -0.05) is 42.5 Å². The zero-order valence-electron chi connectivity index (χ0n) is 15.3. The Morgan fingerprint density at radius 3 is 2.81 bits per heavy atom. The predicted octanol–water partition coefficient (Wildman–Crippen LogP) is 3.07. The standard InChI is InChI=1S/C21H24N4O/c1-23(2)21(26)12-19-15-24(14-18-10-11-22-25(18)19)13-17-8-5-7-16-6-3-4-9-20(16)17/h3-11,19H,12-15H2,1-2H3. The fourth-order valence-corrected chi connectivity index (χ4v) is 3.79. The monoisotopic (exact) mass is 348 g/mol. The van der Waals surface area contributed by atoms with Gasteiger partial charge in [-0.2, -0.15) is 5.10 Å². The molecule has 1 aliphatic heterocycles. The molecule has 2 aromatic carbocycles. The van der Waals surface area contributed by atoms with Crippen LogP contribution in [0.3, 0.4) is 0 Å². The minimum absolute atomic E-state index is 0.0821. The van der Waals surface area contributed by atoms with Crippen LogP contribution in [0.5, 0.6) is 0 Å². The maximum Gasteiger partial charge on any atom is 0.224 e. The van der Waals surface area contributed by atoms with Crippen molar-refractivity contribution in [2.45, 2.75) is 25.6 Å². The van der Waals surface area contributed by atoms with Crippen molar-refractivity contribution >= 4 is 16.7 Å². The molecule has 3 aromatic rings. The zero-order chi connectivity index (χ0) is 18.1. The maximum atomic E-state index is 12.2. The number of hydrogen-bond donors (Lipinski definition) is 0. The van der Waals surface area contributed by atoms with Crippen molar-refractivity contribution in [3.8, 4) is 0 Å². The molecule has 5 heteroatoms. The summed E-state index contributed by atoms with van der Waals surface area (Å²) in [6.07, 6.45) is 2.32. The highest BCUT2D eigenvalue weighted by molar-refractivity contribution is 5.85. The van der Waals surface area contributed by atoms with E-state index in [0.717, 1.165) is 19.6 Å². The molecule has 0 radical (unpaired) electrons. The van der Waals surface area contributed by atoms with Gasteiger partial charge in [-0.15, -0.1) is 0 Å². The van der Waals surface area contributed by atoms with Gasteiger partial charge in [0.2, 0.25) is 5.91 Å². The van der Waals surface area contributed by atoms with E-state index in [4.69, 9.17) is 0 Å². The number of aromatic nitrogens is 2. The lowest BCUT2D eigenvalue weighted by molar-refractivity contribution is -0.129. The van der Waals surface area contributed by atoms with E-state index in [1.807, 2.05) is 25.0 Å². The van der Waals surface area contributed by atoms with Crippen LogP contribution in [0.15, 0.2) is 54.7 Å². The molecular weight excluding hydrogens is 324 g/mol. The highest BCUT2D eigenvalue weighted by Crippen LogP contribution is 2.27. The summed E-state index contributed by atoms with van der Waals surface area (Å²) in [4.78, 5) is 16.3. The first-order valence-electron chi connectivity index (χ1n) is 9.03. The first-order chi connectivity index (χ1) is 12.6. The number of hydrogen-bond acceptors (Lipinski definition) is 3. The minimum atomic E-state index is 0.0821. The Bertz CT molecular complexity index is 925. The number of benzene rings is 2. The summed E-state index contributed by atoms with van der Waals surface area (Å²) in [6, 6.07) is 17.1. The van der Waals surface area contributed by atoms with Gasteiger partial charge in [0.25, 0.3) is 0 Å². The van der Waals surface area contributed by atoms with Gasteiger partial charge in [-0.05, 0) is 22.4 Å². The fourth-order valence-electron chi connectivity index (χ4n) is 3.79. The van der Waals surface area contributed by atoms with E-state index in [1.165, 1.54) is 22.0 Å². The van der Waals surface area contributed by atoms with Crippen LogP contribution in [0.2, 0.25) is 0 Å². The summed E-state index contributed by atoms with van der Waals surface area (Å²) >= 11 is 0. The van der Waals surface area contributed by atoms with Gasteiger partial charge < -0.3 is 4.90 Å². The lowest BCUT2D eigenvalue weighted by Crippen LogP contribution is -2.39. The van der Waals surface area contributed by atoms with E-state index in [-0.39, 0.29) is 11.9 Å². The van der Waals surface area contributed by atoms with Crippen LogP contribution in [0, 0.1) is 0 Å². The molecule has 0 saturated heterocycles. The molecule has 4 rings (SSSR count). The number of carbonyl (C=O) groups excluding carboxylic acids is 1. The van der Waals surface area contributed by atoms with Crippen LogP contribution < -0.4 is 0 Å². The molecule has 0 fully saturated rings. The molecule has 0 aliphatic carbocycles. The van der Waals surface area contributed by atoms with E-state index >= 15 is 0 Å². The molecule has 26 heavy (non-hydrogen) atoms. The third-order valence-corrected chi connectivity index (χ3v) is 5.14. The van der Waals surface area contributed by atoms with Gasteiger partial charge in [0.05, 0.1) is 18.2 Å². The van der Waals surface area contributed by atoms with Gasteiger partial charge in [0, 0.05) is 39.9 Å². The number of amides is 1. The number of rotatable bonds is 4. The largest absolute Gasteiger partial charge is 0.349 e. The van der Waals surface area contributed by atoms with E-state index in [0.29, 0.717) is 6.42 Å². The Hall–Kier alpha value is -2.66. The molecule has 134 valence electrons. The quantitative estimate of drug-likeness (QED) is 0.728. The van der Waals surface area contributed by atoms with E-state index < -0.39 is 0 Å². The van der Waals surface area contributed by atoms with Crippen LogP contribution in [-0.2, 0) is 17.9 Å². The van der Waals surface area contributed by atoms with E-state index in [1.54, 1.807) is 4.90 Å². The van der Waals surface area contributed by atoms with Crippen molar-refractivity contribution in [2.75, 3.05) is 20.6 Å². The second kappa shape index (κ2) is 6.92. The first-order valence-corrected chi connectivity index (χ1v) is 9.03. The second-order valence-electron chi connectivity index (χ2n) is 7.22. The zero-order valence-corrected chi connectivity index (χ0v) is 15.3. The Morgan fingerprint density at radius 1 is 1.15 bits per heavy atom. The lowest BCUT2D eigenvalue weighted by Gasteiger charge is -2.34. The first kappa shape index (κ1) is 16.8. The molecule has 1 amide bonds. The maximum absolute atomic E-state index is 12.2. The molecule has 0 spiro atoms. The van der Waals surface area contributed by atoms with Crippen molar-refractivity contribution in [1.82, 2.24) is 19.6 Å². The molecule has 1 unspecified atom stereocenters. The number of nitrogens with zero attached hydrogens (tertiary/aromatic N) is 4. The van der Waals surface area contributed by atoms with Crippen molar-refractivity contribution in [2.24, 2.45) is 0 Å². The summed E-state index contributed by atoms with van der Waals surface area (Å²) in [6.45, 7) is 2.56. The normalized spacial score (nSPS) is 17.2. The fraction of sp³-hybridized carbons (Fsp3) is 0.333. The molecule has 0 bridgehead atoms. The van der Waals surface area contributed by atoms with Gasteiger partial charge in [0.1, 0.15) is 0 Å². The molecule has 5 nitrogen and oxygen atoms in total. The highest BCUT2D eigenvalue weighted by atomic mass is 16.2. The molecule has 2 heterocycles. The molecule has 1 aromatic heterocycles. The number of fused-ring (bicyclic) bond motifs is 2. The van der Waals surface area contributed by atoms with Crippen LogP contribution in [0.4, 0.5) is 0 Å². The summed E-state index contributed by atoms with van der Waals surface area (Å²) in [7, 11) is 3.62. The van der Waals surface area contributed by atoms with Gasteiger partial charge >= 0.3 is 0 Å². The predicted molar refractivity (Wildman–Crippen MR) is 103 cm³/mol. The minimum Gasteiger partial charge on any atom is -0.349 e. The van der Waals surface area contributed by atoms with Crippen LogP contribution in [0.1, 0.15) is 23.7 Å².